The van der Waals surface area contributed by atoms with Gasteiger partial charge in [-0.1, -0.05) is 23.7 Å². The zero-order chi connectivity index (χ0) is 14.1. The van der Waals surface area contributed by atoms with Crippen molar-refractivity contribution >= 4 is 11.6 Å². The maximum Gasteiger partial charge on any atom is 0.126 e. The van der Waals surface area contributed by atoms with Crippen LogP contribution in [0.25, 0.3) is 0 Å². The summed E-state index contributed by atoms with van der Waals surface area (Å²) >= 11 is 5.91. The first-order valence-electron chi connectivity index (χ1n) is 6.53. The molecule has 0 bridgehead atoms. The summed E-state index contributed by atoms with van der Waals surface area (Å²) in [5.74, 6) is 1.62. The lowest BCUT2D eigenvalue weighted by Gasteiger charge is -2.30. The molecule has 4 heteroatoms. The molecule has 2 aromatic carbocycles. The highest BCUT2D eigenvalue weighted by molar-refractivity contribution is 6.30. The van der Waals surface area contributed by atoms with Gasteiger partial charge in [-0.3, -0.25) is 0 Å². The van der Waals surface area contributed by atoms with Crippen LogP contribution < -0.4 is 15.2 Å². The number of benzene rings is 2. The first-order valence-corrected chi connectivity index (χ1v) is 6.91. The Hall–Kier alpha value is -1.71. The van der Waals surface area contributed by atoms with Crippen molar-refractivity contribution in [2.24, 2.45) is 5.73 Å². The molecular formula is C16H16ClNO2. The summed E-state index contributed by atoms with van der Waals surface area (Å²) in [6.07, 6.45) is 0.699. The molecule has 0 aliphatic carbocycles. The third kappa shape index (κ3) is 2.47. The Kier molecular flexibility index (Phi) is 3.55. The molecule has 1 aliphatic heterocycles. The molecule has 0 aromatic heterocycles. The minimum absolute atomic E-state index is 0.0387. The van der Waals surface area contributed by atoms with Gasteiger partial charge in [0.2, 0.25) is 0 Å². The maximum absolute atomic E-state index is 6.27. The van der Waals surface area contributed by atoms with E-state index in [2.05, 4.69) is 0 Å². The summed E-state index contributed by atoms with van der Waals surface area (Å²) in [7, 11) is 1.65. The Bertz CT molecular complexity index is 612. The molecule has 0 amide bonds. The molecule has 104 valence electrons. The summed E-state index contributed by atoms with van der Waals surface area (Å²) in [6, 6.07) is 13.4. The van der Waals surface area contributed by atoms with Gasteiger partial charge in [0, 0.05) is 23.0 Å². The first-order chi connectivity index (χ1) is 9.67. The van der Waals surface area contributed by atoms with Crippen molar-refractivity contribution in [1.82, 2.24) is 0 Å². The fraction of sp³-hybridized carbons (Fsp3) is 0.250. The van der Waals surface area contributed by atoms with E-state index in [0.717, 1.165) is 34.1 Å². The number of nitrogens with two attached hydrogens (primary N) is 1. The first kappa shape index (κ1) is 13.3. The number of hydrogen-bond acceptors (Lipinski definition) is 3. The zero-order valence-corrected chi connectivity index (χ0v) is 11.9. The fourth-order valence-electron chi connectivity index (χ4n) is 2.49. The summed E-state index contributed by atoms with van der Waals surface area (Å²) < 4.78 is 11.3. The number of hydrogen-bond donors (Lipinski definition) is 1. The van der Waals surface area contributed by atoms with Crippen LogP contribution in [0.3, 0.4) is 0 Å². The molecule has 1 heterocycles. The normalized spacial score (nSPS) is 20.9. The van der Waals surface area contributed by atoms with Crippen LogP contribution >= 0.6 is 11.6 Å². The Morgan fingerprint density at radius 3 is 2.65 bits per heavy atom. The van der Waals surface area contributed by atoms with E-state index in [4.69, 9.17) is 26.8 Å². The van der Waals surface area contributed by atoms with Crippen molar-refractivity contribution in [2.75, 3.05) is 7.11 Å². The van der Waals surface area contributed by atoms with Gasteiger partial charge < -0.3 is 15.2 Å². The van der Waals surface area contributed by atoms with Crippen molar-refractivity contribution in [3.8, 4) is 11.5 Å². The van der Waals surface area contributed by atoms with E-state index in [0.29, 0.717) is 0 Å². The van der Waals surface area contributed by atoms with Crippen LogP contribution in [0, 0.1) is 0 Å². The topological polar surface area (TPSA) is 44.5 Å². The van der Waals surface area contributed by atoms with Gasteiger partial charge in [0.25, 0.3) is 0 Å². The predicted octanol–water partition coefficient (Wildman–Crippen LogP) is 3.87. The van der Waals surface area contributed by atoms with Crippen LogP contribution in [-0.2, 0) is 0 Å². The second-order valence-corrected chi connectivity index (χ2v) is 5.34. The average molecular weight is 290 g/mol. The van der Waals surface area contributed by atoms with Gasteiger partial charge in [-0.2, -0.15) is 0 Å². The Labute approximate surface area is 123 Å². The van der Waals surface area contributed by atoms with E-state index < -0.39 is 0 Å². The smallest absolute Gasteiger partial charge is 0.126 e. The fourth-order valence-corrected chi connectivity index (χ4v) is 2.62. The number of halogens is 1. The lowest BCUT2D eigenvalue weighted by molar-refractivity contribution is 0.161. The number of fused-ring (bicyclic) bond motifs is 1. The van der Waals surface area contributed by atoms with Crippen LogP contribution in [0.15, 0.2) is 42.5 Å². The quantitative estimate of drug-likeness (QED) is 0.913. The van der Waals surface area contributed by atoms with Gasteiger partial charge >= 0.3 is 0 Å². The zero-order valence-electron chi connectivity index (χ0n) is 11.2. The average Bonchev–Trinajstić information content (AvgIpc) is 2.47. The molecule has 2 atom stereocenters. The molecule has 3 nitrogen and oxygen atoms in total. The van der Waals surface area contributed by atoms with Crippen molar-refractivity contribution in [3.05, 3.63) is 58.6 Å². The number of ether oxygens (including phenoxy) is 2. The maximum atomic E-state index is 6.27. The van der Waals surface area contributed by atoms with Crippen LogP contribution in [0.4, 0.5) is 0 Å². The second-order valence-electron chi connectivity index (χ2n) is 4.90. The van der Waals surface area contributed by atoms with Gasteiger partial charge in [0.1, 0.15) is 17.6 Å². The third-order valence-electron chi connectivity index (χ3n) is 3.60. The molecule has 0 saturated heterocycles. The Morgan fingerprint density at radius 1 is 1.20 bits per heavy atom. The van der Waals surface area contributed by atoms with Crippen LogP contribution in [0.5, 0.6) is 11.5 Å². The summed E-state index contributed by atoms with van der Waals surface area (Å²) in [4.78, 5) is 0. The van der Waals surface area contributed by atoms with Gasteiger partial charge in [-0.25, -0.2) is 0 Å². The van der Waals surface area contributed by atoms with Crippen molar-refractivity contribution in [1.29, 1.82) is 0 Å². The van der Waals surface area contributed by atoms with E-state index in [1.165, 1.54) is 0 Å². The lowest BCUT2D eigenvalue weighted by atomic mass is 9.93. The van der Waals surface area contributed by atoms with E-state index in [1.54, 1.807) is 7.11 Å². The van der Waals surface area contributed by atoms with Crippen molar-refractivity contribution in [2.45, 2.75) is 18.6 Å². The van der Waals surface area contributed by atoms with Crippen molar-refractivity contribution in [3.63, 3.8) is 0 Å². The minimum Gasteiger partial charge on any atom is -0.497 e. The molecule has 0 radical (unpaired) electrons. The molecule has 1 aliphatic rings. The standard InChI is InChI=1S/C16H16ClNO2/c1-19-12-6-7-15-13(8-12)14(18)9-16(20-15)10-2-4-11(17)5-3-10/h2-8,14,16H,9,18H2,1H3/t14-,16?/m1/s1. The lowest BCUT2D eigenvalue weighted by Crippen LogP contribution is -2.24. The van der Waals surface area contributed by atoms with Gasteiger partial charge in [0.05, 0.1) is 7.11 Å². The molecule has 2 N–H and O–H groups in total. The molecule has 0 saturated carbocycles. The molecule has 1 unspecified atom stereocenters. The minimum atomic E-state index is -0.0606. The highest BCUT2D eigenvalue weighted by atomic mass is 35.5. The SMILES string of the molecule is COc1ccc2c(c1)[C@H](N)CC(c1ccc(Cl)cc1)O2. The second kappa shape index (κ2) is 5.35. The Morgan fingerprint density at radius 2 is 1.95 bits per heavy atom. The third-order valence-corrected chi connectivity index (χ3v) is 3.85. The monoisotopic (exact) mass is 289 g/mol. The van der Waals surface area contributed by atoms with Crippen LogP contribution in [-0.4, -0.2) is 7.11 Å². The van der Waals surface area contributed by atoms with Gasteiger partial charge in [-0.15, -0.1) is 0 Å². The molecule has 3 rings (SSSR count). The summed E-state index contributed by atoms with van der Waals surface area (Å²) in [5, 5.41) is 0.721. The molecule has 0 fully saturated rings. The Balaban J connectivity index is 1.90. The van der Waals surface area contributed by atoms with E-state index in [9.17, 15) is 0 Å². The van der Waals surface area contributed by atoms with E-state index >= 15 is 0 Å². The van der Waals surface area contributed by atoms with Crippen molar-refractivity contribution < 1.29 is 9.47 Å². The number of methoxy groups -OCH3 is 1. The predicted molar refractivity (Wildman–Crippen MR) is 79.4 cm³/mol. The summed E-state index contributed by atoms with van der Waals surface area (Å²) in [5.41, 5.74) is 8.35. The van der Waals surface area contributed by atoms with Crippen LogP contribution in [0.2, 0.25) is 5.02 Å². The molecule has 0 spiro atoms. The van der Waals surface area contributed by atoms with E-state index in [1.807, 2.05) is 42.5 Å². The number of rotatable bonds is 2. The van der Waals surface area contributed by atoms with Crippen LogP contribution in [0.1, 0.15) is 29.7 Å². The van der Waals surface area contributed by atoms with E-state index in [-0.39, 0.29) is 12.1 Å². The largest absolute Gasteiger partial charge is 0.497 e. The van der Waals surface area contributed by atoms with Gasteiger partial charge in [-0.05, 0) is 35.9 Å². The summed E-state index contributed by atoms with van der Waals surface area (Å²) in [6.45, 7) is 0. The molecule has 20 heavy (non-hydrogen) atoms. The molecular weight excluding hydrogens is 274 g/mol. The highest BCUT2D eigenvalue weighted by Gasteiger charge is 2.27. The molecule has 2 aromatic rings. The highest BCUT2D eigenvalue weighted by Crippen LogP contribution is 2.41. The van der Waals surface area contributed by atoms with Gasteiger partial charge in [0.15, 0.2) is 0 Å².